The van der Waals surface area contributed by atoms with E-state index < -0.39 is 0 Å². The van der Waals surface area contributed by atoms with Crippen LogP contribution in [0.15, 0.2) is 48.5 Å². The molecule has 136 valence electrons. The van der Waals surface area contributed by atoms with Gasteiger partial charge in [-0.2, -0.15) is 0 Å². The van der Waals surface area contributed by atoms with Gasteiger partial charge in [0.1, 0.15) is 0 Å². The summed E-state index contributed by atoms with van der Waals surface area (Å²) < 4.78 is 0. The number of rotatable bonds is 6. The van der Waals surface area contributed by atoms with Crippen molar-refractivity contribution in [3.8, 4) is 0 Å². The van der Waals surface area contributed by atoms with Crippen molar-refractivity contribution in [3.63, 3.8) is 0 Å². The van der Waals surface area contributed by atoms with Gasteiger partial charge >= 0.3 is 0 Å². The van der Waals surface area contributed by atoms with Crippen LogP contribution in [0.3, 0.4) is 0 Å². The van der Waals surface area contributed by atoms with Crippen molar-refractivity contribution < 1.29 is 9.59 Å². The molecule has 0 heterocycles. The van der Waals surface area contributed by atoms with E-state index in [9.17, 15) is 9.59 Å². The minimum absolute atomic E-state index is 0.0398. The largest absolute Gasteiger partial charge is 0.349 e. The number of benzene rings is 2. The predicted octanol–water partition coefficient (Wildman–Crippen LogP) is 4.01. The Balaban J connectivity index is 1.58. The molecule has 0 aliphatic heterocycles. The number of carbonyl (C=O) groups is 2. The first-order valence-corrected chi connectivity index (χ1v) is 9.26. The zero-order valence-corrected chi connectivity index (χ0v) is 15.6. The van der Waals surface area contributed by atoms with Gasteiger partial charge in [-0.15, -0.1) is 0 Å². The highest BCUT2D eigenvalue weighted by Crippen LogP contribution is 2.40. The first-order valence-electron chi connectivity index (χ1n) is 9.26. The number of aryl methyl sites for hydroxylation is 2. The van der Waals surface area contributed by atoms with Gasteiger partial charge in [0.05, 0.1) is 17.9 Å². The standard InChI is InChI=1S/C22H26N2O2/c1-4-16-12-8-9-14(2)20(16)24-22(26)19-13-18(19)21(25)23-15(3)17-10-6-5-7-11-17/h5-12,15,18-19H,4,13H2,1-3H3,(H,23,25)(H,24,26). The molecular formula is C22H26N2O2. The van der Waals surface area contributed by atoms with Gasteiger partial charge in [-0.3, -0.25) is 9.59 Å². The first-order chi connectivity index (χ1) is 12.5. The van der Waals surface area contributed by atoms with E-state index in [1.165, 1.54) is 0 Å². The minimum atomic E-state index is -0.234. The van der Waals surface area contributed by atoms with Crippen molar-refractivity contribution in [2.24, 2.45) is 11.8 Å². The summed E-state index contributed by atoms with van der Waals surface area (Å²) in [4.78, 5) is 25.0. The van der Waals surface area contributed by atoms with Gasteiger partial charge in [0.25, 0.3) is 0 Å². The van der Waals surface area contributed by atoms with E-state index in [1.807, 2.05) is 62.4 Å². The molecule has 2 amide bonds. The summed E-state index contributed by atoms with van der Waals surface area (Å²) in [6, 6.07) is 15.8. The Morgan fingerprint density at radius 2 is 1.73 bits per heavy atom. The number of carbonyl (C=O) groups excluding carboxylic acids is 2. The summed E-state index contributed by atoms with van der Waals surface area (Å²) in [7, 11) is 0. The molecule has 3 rings (SSSR count). The van der Waals surface area contributed by atoms with Crippen molar-refractivity contribution in [2.45, 2.75) is 39.7 Å². The van der Waals surface area contributed by atoms with Gasteiger partial charge in [-0.25, -0.2) is 0 Å². The van der Waals surface area contributed by atoms with Gasteiger partial charge in [-0.05, 0) is 43.4 Å². The second kappa shape index (κ2) is 7.73. The molecule has 0 aromatic heterocycles. The van der Waals surface area contributed by atoms with E-state index in [0.29, 0.717) is 6.42 Å². The lowest BCUT2D eigenvalue weighted by Crippen LogP contribution is -2.30. The summed E-state index contributed by atoms with van der Waals surface area (Å²) in [5.41, 5.74) is 4.13. The zero-order valence-electron chi connectivity index (χ0n) is 15.6. The lowest BCUT2D eigenvalue weighted by Gasteiger charge is -2.15. The third-order valence-corrected chi connectivity index (χ3v) is 5.11. The lowest BCUT2D eigenvalue weighted by molar-refractivity contribution is -0.125. The van der Waals surface area contributed by atoms with Crippen molar-refractivity contribution in [1.29, 1.82) is 0 Å². The Morgan fingerprint density at radius 3 is 2.42 bits per heavy atom. The van der Waals surface area contributed by atoms with Crippen LogP contribution in [-0.4, -0.2) is 11.8 Å². The summed E-state index contributed by atoms with van der Waals surface area (Å²) in [6.07, 6.45) is 1.48. The van der Waals surface area contributed by atoms with E-state index in [1.54, 1.807) is 0 Å². The van der Waals surface area contributed by atoms with Crippen LogP contribution in [0.5, 0.6) is 0 Å². The summed E-state index contributed by atoms with van der Waals surface area (Å²) in [6.45, 7) is 6.03. The van der Waals surface area contributed by atoms with Crippen LogP contribution in [0.4, 0.5) is 5.69 Å². The monoisotopic (exact) mass is 350 g/mol. The average Bonchev–Trinajstić information content (AvgIpc) is 3.45. The molecule has 3 atom stereocenters. The molecular weight excluding hydrogens is 324 g/mol. The second-order valence-electron chi connectivity index (χ2n) is 7.04. The first kappa shape index (κ1) is 18.2. The topological polar surface area (TPSA) is 58.2 Å². The maximum atomic E-state index is 12.6. The van der Waals surface area contributed by atoms with Crippen molar-refractivity contribution in [1.82, 2.24) is 5.32 Å². The van der Waals surface area contributed by atoms with Gasteiger partial charge in [0, 0.05) is 5.69 Å². The number of nitrogens with one attached hydrogen (secondary N) is 2. The fourth-order valence-corrected chi connectivity index (χ4v) is 3.34. The molecule has 0 bridgehead atoms. The van der Waals surface area contributed by atoms with Crippen LogP contribution < -0.4 is 10.6 Å². The number of hydrogen-bond acceptors (Lipinski definition) is 2. The predicted molar refractivity (Wildman–Crippen MR) is 104 cm³/mol. The van der Waals surface area contributed by atoms with Crippen LogP contribution in [0.2, 0.25) is 0 Å². The third-order valence-electron chi connectivity index (χ3n) is 5.11. The quantitative estimate of drug-likeness (QED) is 0.827. The third kappa shape index (κ3) is 3.96. The highest BCUT2D eigenvalue weighted by molar-refractivity contribution is 6.00. The summed E-state index contributed by atoms with van der Waals surface area (Å²) in [5.74, 6) is -0.555. The van der Waals surface area contributed by atoms with Crippen LogP contribution in [0.25, 0.3) is 0 Å². The molecule has 3 unspecified atom stereocenters. The number of hydrogen-bond donors (Lipinski definition) is 2. The minimum Gasteiger partial charge on any atom is -0.349 e. The Bertz CT molecular complexity index is 801. The number of amides is 2. The van der Waals surface area contributed by atoms with Crippen molar-refractivity contribution in [3.05, 3.63) is 65.2 Å². The summed E-state index contributed by atoms with van der Waals surface area (Å²) in [5, 5.41) is 6.06. The van der Waals surface area contributed by atoms with Crippen LogP contribution in [0, 0.1) is 18.8 Å². The highest BCUT2D eigenvalue weighted by Gasteiger charge is 2.48. The molecule has 4 nitrogen and oxygen atoms in total. The van der Waals surface area contributed by atoms with E-state index >= 15 is 0 Å². The lowest BCUT2D eigenvalue weighted by atomic mass is 10.1. The molecule has 1 aliphatic rings. The van der Waals surface area contributed by atoms with Gasteiger partial charge in [0.2, 0.25) is 11.8 Å². The Kier molecular flexibility index (Phi) is 5.40. The second-order valence-corrected chi connectivity index (χ2v) is 7.04. The number of para-hydroxylation sites is 1. The molecule has 1 aliphatic carbocycles. The molecule has 4 heteroatoms. The van der Waals surface area contributed by atoms with Crippen LogP contribution >= 0.6 is 0 Å². The molecule has 26 heavy (non-hydrogen) atoms. The van der Waals surface area contributed by atoms with E-state index in [0.717, 1.165) is 28.8 Å². The van der Waals surface area contributed by atoms with E-state index in [4.69, 9.17) is 0 Å². The molecule has 2 aromatic rings. The van der Waals surface area contributed by atoms with Crippen LogP contribution in [-0.2, 0) is 16.0 Å². The highest BCUT2D eigenvalue weighted by atomic mass is 16.2. The van der Waals surface area contributed by atoms with E-state index in [2.05, 4.69) is 17.6 Å². The fourth-order valence-electron chi connectivity index (χ4n) is 3.34. The SMILES string of the molecule is CCc1cccc(C)c1NC(=O)C1CC1C(=O)NC(C)c1ccccc1. The Labute approximate surface area is 155 Å². The zero-order chi connectivity index (χ0) is 18.7. The molecule has 1 fully saturated rings. The van der Waals surface area contributed by atoms with Crippen LogP contribution in [0.1, 0.15) is 43.0 Å². The smallest absolute Gasteiger partial charge is 0.228 e. The molecule has 0 spiro atoms. The Hall–Kier alpha value is -2.62. The molecule has 1 saturated carbocycles. The maximum Gasteiger partial charge on any atom is 0.228 e. The molecule has 0 saturated heterocycles. The fraction of sp³-hybridized carbons (Fsp3) is 0.364. The van der Waals surface area contributed by atoms with Crippen molar-refractivity contribution in [2.75, 3.05) is 5.32 Å². The average molecular weight is 350 g/mol. The molecule has 2 aromatic carbocycles. The van der Waals surface area contributed by atoms with Gasteiger partial charge in [-0.1, -0.05) is 55.5 Å². The van der Waals surface area contributed by atoms with Gasteiger partial charge < -0.3 is 10.6 Å². The maximum absolute atomic E-state index is 12.6. The normalized spacial score (nSPS) is 19.5. The van der Waals surface area contributed by atoms with E-state index in [-0.39, 0.29) is 29.7 Å². The molecule has 0 radical (unpaired) electrons. The summed E-state index contributed by atoms with van der Waals surface area (Å²) >= 11 is 0. The number of anilines is 1. The molecule has 2 N–H and O–H groups in total. The Morgan fingerprint density at radius 1 is 1.04 bits per heavy atom. The van der Waals surface area contributed by atoms with Crippen molar-refractivity contribution >= 4 is 17.5 Å². The van der Waals surface area contributed by atoms with Gasteiger partial charge in [0.15, 0.2) is 0 Å².